The van der Waals surface area contributed by atoms with Crippen LogP contribution in [0.4, 0.5) is 0 Å². The predicted molar refractivity (Wildman–Crippen MR) is 122 cm³/mol. The van der Waals surface area contributed by atoms with Crippen LogP contribution in [-0.4, -0.2) is 31.7 Å². The first-order valence-corrected chi connectivity index (χ1v) is 12.9. The molecule has 166 valence electrons. The third kappa shape index (κ3) is 4.85. The third-order valence-electron chi connectivity index (χ3n) is 6.63. The van der Waals surface area contributed by atoms with Crippen LogP contribution in [0, 0.1) is 5.92 Å². The van der Waals surface area contributed by atoms with Gasteiger partial charge in [0, 0.05) is 19.0 Å². The van der Waals surface area contributed by atoms with Gasteiger partial charge in [-0.3, -0.25) is 4.79 Å². The van der Waals surface area contributed by atoms with Gasteiger partial charge >= 0.3 is 0 Å². The van der Waals surface area contributed by atoms with Crippen LogP contribution in [0.3, 0.4) is 0 Å². The summed E-state index contributed by atoms with van der Waals surface area (Å²) >= 11 is 0. The topological polar surface area (TPSA) is 66.5 Å². The SMILES string of the molecule is CCCC(NC(=O)C1CCN(S(=O)(=O)c2ccc3c(c2)CCC3)CC1)c1ccccc1. The van der Waals surface area contributed by atoms with Crippen LogP contribution in [0.5, 0.6) is 0 Å². The lowest BCUT2D eigenvalue weighted by Crippen LogP contribution is -2.43. The summed E-state index contributed by atoms with van der Waals surface area (Å²) in [4.78, 5) is 13.3. The van der Waals surface area contributed by atoms with E-state index in [1.165, 1.54) is 11.1 Å². The van der Waals surface area contributed by atoms with Gasteiger partial charge in [0.1, 0.15) is 0 Å². The molecule has 1 fully saturated rings. The number of piperidine rings is 1. The molecule has 0 spiro atoms. The van der Waals surface area contributed by atoms with E-state index in [9.17, 15) is 13.2 Å². The van der Waals surface area contributed by atoms with E-state index in [0.29, 0.717) is 30.8 Å². The number of sulfonamides is 1. The molecule has 1 unspecified atom stereocenters. The number of carbonyl (C=O) groups is 1. The first kappa shape index (κ1) is 22.0. The van der Waals surface area contributed by atoms with Crippen LogP contribution in [-0.2, 0) is 27.7 Å². The first-order chi connectivity index (χ1) is 15.0. The highest BCUT2D eigenvalue weighted by Gasteiger charge is 2.33. The van der Waals surface area contributed by atoms with Crippen LogP contribution in [0.25, 0.3) is 0 Å². The van der Waals surface area contributed by atoms with Crippen molar-refractivity contribution < 1.29 is 13.2 Å². The summed E-state index contributed by atoms with van der Waals surface area (Å²) < 4.78 is 27.8. The predicted octanol–water partition coefficient (Wildman–Crippen LogP) is 4.23. The van der Waals surface area contributed by atoms with Crippen molar-refractivity contribution in [3.05, 3.63) is 65.2 Å². The Morgan fingerprint density at radius 1 is 1.06 bits per heavy atom. The fourth-order valence-corrected chi connectivity index (χ4v) is 6.32. The fraction of sp³-hybridized carbons (Fsp3) is 0.480. The number of benzene rings is 2. The van der Waals surface area contributed by atoms with E-state index < -0.39 is 10.0 Å². The second-order valence-electron chi connectivity index (χ2n) is 8.72. The Morgan fingerprint density at radius 2 is 1.77 bits per heavy atom. The molecular formula is C25H32N2O3S. The Kier molecular flexibility index (Phi) is 6.77. The lowest BCUT2D eigenvalue weighted by atomic mass is 9.95. The van der Waals surface area contributed by atoms with Crippen LogP contribution in [0.15, 0.2) is 53.4 Å². The maximum Gasteiger partial charge on any atom is 0.243 e. The molecule has 31 heavy (non-hydrogen) atoms. The van der Waals surface area contributed by atoms with E-state index in [-0.39, 0.29) is 17.9 Å². The molecule has 0 aromatic heterocycles. The van der Waals surface area contributed by atoms with Crippen molar-refractivity contribution >= 4 is 15.9 Å². The van der Waals surface area contributed by atoms with Crippen LogP contribution in [0.2, 0.25) is 0 Å². The largest absolute Gasteiger partial charge is 0.349 e. The van der Waals surface area contributed by atoms with Gasteiger partial charge in [-0.1, -0.05) is 49.7 Å². The molecule has 1 saturated heterocycles. The Hall–Kier alpha value is -2.18. The van der Waals surface area contributed by atoms with Gasteiger partial charge < -0.3 is 5.32 Å². The summed E-state index contributed by atoms with van der Waals surface area (Å²) in [6.07, 6.45) is 6.09. The van der Waals surface area contributed by atoms with Crippen molar-refractivity contribution in [3.63, 3.8) is 0 Å². The van der Waals surface area contributed by atoms with E-state index >= 15 is 0 Å². The summed E-state index contributed by atoms with van der Waals surface area (Å²) in [5.41, 5.74) is 3.56. The summed E-state index contributed by atoms with van der Waals surface area (Å²) in [7, 11) is -3.51. The molecule has 0 radical (unpaired) electrons. The van der Waals surface area contributed by atoms with Crippen molar-refractivity contribution in [2.45, 2.75) is 62.8 Å². The number of amides is 1. The van der Waals surface area contributed by atoms with Crippen molar-refractivity contribution in [1.82, 2.24) is 9.62 Å². The van der Waals surface area contributed by atoms with Gasteiger partial charge in [0.05, 0.1) is 10.9 Å². The molecule has 1 aliphatic heterocycles. The average Bonchev–Trinajstić information content (AvgIpc) is 3.27. The van der Waals surface area contributed by atoms with Crippen molar-refractivity contribution in [3.8, 4) is 0 Å². The van der Waals surface area contributed by atoms with Gasteiger partial charge in [0.2, 0.25) is 15.9 Å². The van der Waals surface area contributed by atoms with E-state index in [0.717, 1.165) is 37.7 Å². The fourth-order valence-electron chi connectivity index (χ4n) is 4.80. The van der Waals surface area contributed by atoms with Gasteiger partial charge in [-0.05, 0) is 67.3 Å². The number of nitrogens with one attached hydrogen (secondary N) is 1. The molecule has 0 bridgehead atoms. The summed E-state index contributed by atoms with van der Waals surface area (Å²) in [5.74, 6) is -0.105. The Morgan fingerprint density at radius 3 is 2.48 bits per heavy atom. The molecule has 2 aromatic rings. The zero-order valence-electron chi connectivity index (χ0n) is 18.2. The van der Waals surface area contributed by atoms with Crippen LogP contribution < -0.4 is 5.32 Å². The summed E-state index contributed by atoms with van der Waals surface area (Å²) in [6, 6.07) is 15.6. The van der Waals surface area contributed by atoms with E-state index in [2.05, 4.69) is 12.2 Å². The Labute approximate surface area is 185 Å². The number of rotatable bonds is 7. The van der Waals surface area contributed by atoms with Crippen molar-refractivity contribution in [2.75, 3.05) is 13.1 Å². The van der Waals surface area contributed by atoms with Crippen LogP contribution >= 0.6 is 0 Å². The maximum absolute atomic E-state index is 13.1. The van der Waals surface area contributed by atoms with E-state index in [1.54, 1.807) is 10.4 Å². The highest BCUT2D eigenvalue weighted by atomic mass is 32.2. The molecule has 1 heterocycles. The molecule has 1 N–H and O–H groups in total. The van der Waals surface area contributed by atoms with Gasteiger partial charge in [0.15, 0.2) is 0 Å². The van der Waals surface area contributed by atoms with Gasteiger partial charge in [0.25, 0.3) is 0 Å². The molecule has 2 aliphatic rings. The standard InChI is InChI=1S/C25H32N2O3S/c1-2-7-24(20-8-4-3-5-9-20)26-25(28)21-14-16-27(17-15-21)31(29,30)23-13-12-19-10-6-11-22(19)18-23/h3-5,8-9,12-13,18,21,24H,2,6-7,10-11,14-17H2,1H3,(H,26,28). The Balaban J connectivity index is 1.38. The molecule has 1 atom stereocenters. The highest BCUT2D eigenvalue weighted by Crippen LogP contribution is 2.29. The number of hydrogen-bond acceptors (Lipinski definition) is 3. The van der Waals surface area contributed by atoms with Crippen molar-refractivity contribution in [1.29, 1.82) is 0 Å². The number of aryl methyl sites for hydroxylation is 2. The number of hydrogen-bond donors (Lipinski definition) is 1. The Bertz CT molecular complexity index is 1010. The van der Waals surface area contributed by atoms with E-state index in [4.69, 9.17) is 0 Å². The van der Waals surface area contributed by atoms with Crippen LogP contribution in [0.1, 0.15) is 61.8 Å². The second kappa shape index (κ2) is 9.53. The molecule has 4 rings (SSSR count). The average molecular weight is 441 g/mol. The molecule has 2 aromatic carbocycles. The first-order valence-electron chi connectivity index (χ1n) is 11.5. The summed E-state index contributed by atoms with van der Waals surface area (Å²) in [6.45, 7) is 2.90. The molecule has 5 nitrogen and oxygen atoms in total. The monoisotopic (exact) mass is 440 g/mol. The summed E-state index contributed by atoms with van der Waals surface area (Å²) in [5, 5.41) is 3.21. The highest BCUT2D eigenvalue weighted by molar-refractivity contribution is 7.89. The van der Waals surface area contributed by atoms with Gasteiger partial charge in [-0.2, -0.15) is 4.31 Å². The molecule has 6 heteroatoms. The smallest absolute Gasteiger partial charge is 0.243 e. The number of carbonyl (C=O) groups excluding carboxylic acids is 1. The molecule has 1 amide bonds. The van der Waals surface area contributed by atoms with E-state index in [1.807, 2.05) is 42.5 Å². The molecule has 1 aliphatic carbocycles. The maximum atomic E-state index is 13.1. The lowest BCUT2D eigenvalue weighted by molar-refractivity contribution is -0.127. The van der Waals surface area contributed by atoms with Gasteiger partial charge in [-0.25, -0.2) is 8.42 Å². The minimum absolute atomic E-state index is 0.00637. The lowest BCUT2D eigenvalue weighted by Gasteiger charge is -2.31. The second-order valence-corrected chi connectivity index (χ2v) is 10.7. The normalized spacial score (nSPS) is 18.5. The van der Waals surface area contributed by atoms with Crippen molar-refractivity contribution in [2.24, 2.45) is 5.92 Å². The quantitative estimate of drug-likeness (QED) is 0.701. The third-order valence-corrected chi connectivity index (χ3v) is 8.52. The molecule has 0 saturated carbocycles. The zero-order chi connectivity index (χ0) is 21.8. The zero-order valence-corrected chi connectivity index (χ0v) is 19.0. The van der Waals surface area contributed by atoms with Gasteiger partial charge in [-0.15, -0.1) is 0 Å². The molecular weight excluding hydrogens is 408 g/mol. The number of fused-ring (bicyclic) bond motifs is 1. The minimum atomic E-state index is -3.51. The number of nitrogens with zero attached hydrogens (tertiary/aromatic N) is 1. The minimum Gasteiger partial charge on any atom is -0.349 e.